The van der Waals surface area contributed by atoms with Crippen molar-refractivity contribution in [1.29, 1.82) is 0 Å². The molecule has 3 aromatic rings. The number of fused-ring (bicyclic) bond motifs is 2. The molecule has 1 aromatic carbocycles. The standard InChI is InChI=1S/C22H23N5O3/c1-26-13-5-14-27(22-21(26)24-17-7-2-3-8-18(17)25-22)20(29)11-12-23-19(28)10-9-16-6-4-15-30-16/h2-4,6-10,15H,5,11-14H2,1H3,(H,23,28)/b10-9+. The van der Waals surface area contributed by atoms with Crippen LogP contribution >= 0.6 is 0 Å². The maximum Gasteiger partial charge on any atom is 0.244 e. The number of furan rings is 1. The van der Waals surface area contributed by atoms with Crippen molar-refractivity contribution < 1.29 is 14.0 Å². The van der Waals surface area contributed by atoms with Crippen molar-refractivity contribution in [2.75, 3.05) is 36.5 Å². The zero-order valence-electron chi connectivity index (χ0n) is 16.7. The molecule has 30 heavy (non-hydrogen) atoms. The Hall–Kier alpha value is -3.68. The first-order valence-corrected chi connectivity index (χ1v) is 9.89. The number of carbonyl (C=O) groups excluding carboxylic acids is 2. The largest absolute Gasteiger partial charge is 0.465 e. The first-order valence-electron chi connectivity index (χ1n) is 9.89. The zero-order chi connectivity index (χ0) is 20.9. The number of nitrogens with one attached hydrogen (secondary N) is 1. The number of para-hydroxylation sites is 2. The highest BCUT2D eigenvalue weighted by Crippen LogP contribution is 2.30. The van der Waals surface area contributed by atoms with Gasteiger partial charge in [-0.1, -0.05) is 12.1 Å². The van der Waals surface area contributed by atoms with Gasteiger partial charge in [0, 0.05) is 39.2 Å². The summed E-state index contributed by atoms with van der Waals surface area (Å²) >= 11 is 0. The van der Waals surface area contributed by atoms with Crippen LogP contribution in [0, 0.1) is 0 Å². The van der Waals surface area contributed by atoms with Gasteiger partial charge in [-0.15, -0.1) is 0 Å². The number of benzene rings is 1. The fraction of sp³-hybridized carbons (Fsp3) is 0.273. The molecule has 4 rings (SSSR count). The van der Waals surface area contributed by atoms with E-state index in [1.54, 1.807) is 29.4 Å². The van der Waals surface area contributed by atoms with Crippen molar-refractivity contribution in [3.63, 3.8) is 0 Å². The van der Waals surface area contributed by atoms with Crippen molar-refractivity contribution in [3.05, 3.63) is 54.5 Å². The number of nitrogens with zero attached hydrogens (tertiary/aromatic N) is 4. The summed E-state index contributed by atoms with van der Waals surface area (Å²) in [7, 11) is 1.96. The van der Waals surface area contributed by atoms with E-state index in [4.69, 9.17) is 14.4 Å². The molecule has 0 spiro atoms. The molecule has 0 aliphatic carbocycles. The first-order chi connectivity index (χ1) is 14.6. The number of aromatic nitrogens is 2. The van der Waals surface area contributed by atoms with Gasteiger partial charge in [0.15, 0.2) is 11.6 Å². The van der Waals surface area contributed by atoms with Crippen molar-refractivity contribution >= 4 is 40.6 Å². The number of hydrogen-bond donors (Lipinski definition) is 1. The minimum absolute atomic E-state index is 0.0913. The second-order valence-electron chi connectivity index (χ2n) is 7.07. The summed E-state index contributed by atoms with van der Waals surface area (Å²) in [4.78, 5) is 38.0. The van der Waals surface area contributed by atoms with Gasteiger partial charge in [-0.05, 0) is 36.8 Å². The SMILES string of the molecule is CN1CCCN(C(=O)CCNC(=O)/C=C/c2ccco2)c2nc3ccccc3nc21. The Morgan fingerprint density at radius 3 is 2.60 bits per heavy atom. The van der Waals surface area contributed by atoms with E-state index in [0.717, 1.165) is 24.0 Å². The molecule has 8 heteroatoms. The van der Waals surface area contributed by atoms with Gasteiger partial charge in [-0.3, -0.25) is 14.5 Å². The molecule has 2 aromatic heterocycles. The predicted molar refractivity (Wildman–Crippen MR) is 115 cm³/mol. The molecule has 3 heterocycles. The third kappa shape index (κ3) is 4.32. The maximum absolute atomic E-state index is 12.9. The summed E-state index contributed by atoms with van der Waals surface area (Å²) in [6.07, 6.45) is 5.50. The highest BCUT2D eigenvalue weighted by Gasteiger charge is 2.26. The topological polar surface area (TPSA) is 91.6 Å². The Kier molecular flexibility index (Phi) is 5.74. The average molecular weight is 405 g/mol. The van der Waals surface area contributed by atoms with Gasteiger partial charge in [-0.25, -0.2) is 9.97 Å². The normalized spacial score (nSPS) is 14.0. The fourth-order valence-corrected chi connectivity index (χ4v) is 3.37. The van der Waals surface area contributed by atoms with Crippen molar-refractivity contribution in [3.8, 4) is 0 Å². The molecule has 0 atom stereocenters. The Balaban J connectivity index is 1.44. The minimum atomic E-state index is -0.277. The van der Waals surface area contributed by atoms with Crippen molar-refractivity contribution in [2.24, 2.45) is 0 Å². The van der Waals surface area contributed by atoms with Gasteiger partial charge in [0.1, 0.15) is 5.76 Å². The van der Waals surface area contributed by atoms with E-state index in [1.807, 2.05) is 36.2 Å². The van der Waals surface area contributed by atoms with Crippen LogP contribution in [0.15, 0.2) is 53.2 Å². The maximum atomic E-state index is 12.9. The molecule has 0 unspecified atom stereocenters. The Bertz CT molecular complexity index is 1080. The lowest BCUT2D eigenvalue weighted by Gasteiger charge is -2.23. The summed E-state index contributed by atoms with van der Waals surface area (Å²) in [5.41, 5.74) is 1.55. The molecule has 8 nitrogen and oxygen atoms in total. The van der Waals surface area contributed by atoms with Crippen LogP contribution in [0.5, 0.6) is 0 Å². The molecule has 1 aliphatic heterocycles. The van der Waals surface area contributed by atoms with Crippen molar-refractivity contribution in [2.45, 2.75) is 12.8 Å². The van der Waals surface area contributed by atoms with Gasteiger partial charge in [0.05, 0.1) is 17.3 Å². The minimum Gasteiger partial charge on any atom is -0.465 e. The van der Waals surface area contributed by atoms with Gasteiger partial charge in [-0.2, -0.15) is 0 Å². The van der Waals surface area contributed by atoms with Crippen LogP contribution in [0.1, 0.15) is 18.6 Å². The molecular weight excluding hydrogens is 382 g/mol. The molecule has 1 N–H and O–H groups in total. The highest BCUT2D eigenvalue weighted by atomic mass is 16.3. The van der Waals surface area contributed by atoms with Gasteiger partial charge < -0.3 is 14.6 Å². The Morgan fingerprint density at radius 2 is 1.87 bits per heavy atom. The van der Waals surface area contributed by atoms with Crippen LogP contribution < -0.4 is 15.1 Å². The summed E-state index contributed by atoms with van der Waals surface area (Å²) in [6.45, 7) is 1.59. The van der Waals surface area contributed by atoms with Crippen LogP contribution in [0.2, 0.25) is 0 Å². The second-order valence-corrected chi connectivity index (χ2v) is 7.07. The highest BCUT2D eigenvalue weighted by molar-refractivity contribution is 5.97. The van der Waals surface area contributed by atoms with Gasteiger partial charge in [0.25, 0.3) is 0 Å². The summed E-state index contributed by atoms with van der Waals surface area (Å²) in [6, 6.07) is 11.1. The monoisotopic (exact) mass is 405 g/mol. The van der Waals surface area contributed by atoms with E-state index in [0.29, 0.717) is 23.9 Å². The van der Waals surface area contributed by atoms with E-state index in [-0.39, 0.29) is 24.8 Å². The molecular formula is C22H23N5O3. The van der Waals surface area contributed by atoms with E-state index >= 15 is 0 Å². The number of anilines is 2. The molecule has 0 saturated carbocycles. The predicted octanol–water partition coefficient (Wildman–Crippen LogP) is 2.62. The smallest absolute Gasteiger partial charge is 0.244 e. The molecule has 0 bridgehead atoms. The zero-order valence-corrected chi connectivity index (χ0v) is 16.7. The lowest BCUT2D eigenvalue weighted by molar-refractivity contribution is -0.119. The van der Waals surface area contributed by atoms with E-state index in [9.17, 15) is 9.59 Å². The lowest BCUT2D eigenvalue weighted by Crippen LogP contribution is -2.35. The lowest BCUT2D eigenvalue weighted by atomic mass is 10.3. The van der Waals surface area contributed by atoms with E-state index in [2.05, 4.69) is 5.32 Å². The number of rotatable bonds is 5. The molecule has 1 aliphatic rings. The van der Waals surface area contributed by atoms with Crippen LogP contribution in [-0.4, -0.2) is 48.5 Å². The second kappa shape index (κ2) is 8.77. The number of hydrogen-bond acceptors (Lipinski definition) is 6. The third-order valence-corrected chi connectivity index (χ3v) is 4.91. The van der Waals surface area contributed by atoms with Gasteiger partial charge in [0.2, 0.25) is 11.8 Å². The van der Waals surface area contributed by atoms with Crippen LogP contribution in [0.25, 0.3) is 17.1 Å². The number of amides is 2. The van der Waals surface area contributed by atoms with E-state index < -0.39 is 0 Å². The molecule has 0 saturated heterocycles. The number of carbonyl (C=O) groups is 2. The third-order valence-electron chi connectivity index (χ3n) is 4.91. The summed E-state index contributed by atoms with van der Waals surface area (Å²) < 4.78 is 5.15. The van der Waals surface area contributed by atoms with E-state index in [1.165, 1.54) is 6.08 Å². The van der Waals surface area contributed by atoms with Crippen LogP contribution in [0.3, 0.4) is 0 Å². The molecule has 0 radical (unpaired) electrons. The molecule has 154 valence electrons. The summed E-state index contributed by atoms with van der Waals surface area (Å²) in [5.74, 6) is 1.50. The summed E-state index contributed by atoms with van der Waals surface area (Å²) in [5, 5.41) is 2.73. The van der Waals surface area contributed by atoms with Crippen molar-refractivity contribution in [1.82, 2.24) is 15.3 Å². The van der Waals surface area contributed by atoms with Gasteiger partial charge >= 0.3 is 0 Å². The van der Waals surface area contributed by atoms with Crippen LogP contribution in [-0.2, 0) is 9.59 Å². The molecule has 0 fully saturated rings. The fourth-order valence-electron chi connectivity index (χ4n) is 3.37. The average Bonchev–Trinajstić information content (AvgIpc) is 3.22. The Morgan fingerprint density at radius 1 is 1.10 bits per heavy atom. The molecule has 2 amide bonds. The van der Waals surface area contributed by atoms with Crippen LogP contribution in [0.4, 0.5) is 11.6 Å². The quantitative estimate of drug-likeness (QED) is 0.656. The Labute approximate surface area is 174 Å². The first kappa shape index (κ1) is 19.6.